The Morgan fingerprint density at radius 1 is 1.44 bits per heavy atom. The zero-order chi connectivity index (χ0) is 11.2. The van der Waals surface area contributed by atoms with Crippen LogP contribution in [0.4, 0.5) is 0 Å². The molecule has 1 heterocycles. The van der Waals surface area contributed by atoms with Gasteiger partial charge in [-0.2, -0.15) is 5.10 Å². The highest BCUT2D eigenvalue weighted by Crippen LogP contribution is 2.20. The second-order valence-electron chi connectivity index (χ2n) is 4.36. The van der Waals surface area contributed by atoms with Crippen LogP contribution in [0.25, 0.3) is 0 Å². The summed E-state index contributed by atoms with van der Waals surface area (Å²) in [5, 5.41) is 7.51. The lowest BCUT2D eigenvalue weighted by molar-refractivity contribution is 0.00240. The maximum atomic E-state index is 5.94. The van der Waals surface area contributed by atoms with Gasteiger partial charge in [-0.15, -0.1) is 0 Å². The van der Waals surface area contributed by atoms with E-state index in [4.69, 9.17) is 4.74 Å². The highest BCUT2D eigenvalue weighted by molar-refractivity contribution is 4.81. The summed E-state index contributed by atoms with van der Waals surface area (Å²) in [6, 6.07) is 2.48. The first kappa shape index (κ1) is 11.6. The van der Waals surface area contributed by atoms with E-state index in [0.29, 0.717) is 12.1 Å². The van der Waals surface area contributed by atoms with Crippen molar-refractivity contribution in [3.05, 3.63) is 18.5 Å². The summed E-state index contributed by atoms with van der Waals surface area (Å²) in [6.07, 6.45) is 9.20. The topological polar surface area (TPSA) is 39.1 Å². The molecule has 1 saturated carbocycles. The number of likely N-dealkylation sites (N-methyl/N-ethyl adjacent to an activating group) is 1. The fraction of sp³-hybridized carbons (Fsp3) is 0.750. The molecule has 1 aromatic rings. The molecule has 2 atom stereocenters. The Kier molecular flexibility index (Phi) is 4.36. The van der Waals surface area contributed by atoms with Gasteiger partial charge in [-0.3, -0.25) is 4.68 Å². The third kappa shape index (κ3) is 3.06. The van der Waals surface area contributed by atoms with Crippen molar-refractivity contribution in [3.63, 3.8) is 0 Å². The normalized spacial score (nSPS) is 25.8. The van der Waals surface area contributed by atoms with E-state index in [1.165, 1.54) is 25.7 Å². The predicted octanol–water partition coefficient (Wildman–Crippen LogP) is 1.43. The van der Waals surface area contributed by atoms with Gasteiger partial charge in [0.1, 0.15) is 0 Å². The van der Waals surface area contributed by atoms with Crippen LogP contribution in [0.15, 0.2) is 18.5 Å². The van der Waals surface area contributed by atoms with E-state index in [0.717, 1.165) is 13.2 Å². The Morgan fingerprint density at radius 3 is 3.06 bits per heavy atom. The first-order chi connectivity index (χ1) is 7.90. The molecule has 0 spiro atoms. The Labute approximate surface area is 97.0 Å². The van der Waals surface area contributed by atoms with E-state index in [-0.39, 0.29) is 0 Å². The van der Waals surface area contributed by atoms with Crippen LogP contribution in [0.5, 0.6) is 0 Å². The minimum absolute atomic E-state index is 0.384. The van der Waals surface area contributed by atoms with Gasteiger partial charge >= 0.3 is 0 Å². The van der Waals surface area contributed by atoms with Gasteiger partial charge in [-0.1, -0.05) is 12.8 Å². The SMILES string of the molecule is CNC1CCCCC1OCCn1cccn1. The van der Waals surface area contributed by atoms with Gasteiger partial charge < -0.3 is 10.1 Å². The quantitative estimate of drug-likeness (QED) is 0.820. The third-order valence-corrected chi connectivity index (χ3v) is 3.28. The lowest BCUT2D eigenvalue weighted by Gasteiger charge is -2.31. The fourth-order valence-electron chi connectivity index (χ4n) is 2.36. The van der Waals surface area contributed by atoms with E-state index in [9.17, 15) is 0 Å². The molecule has 0 amide bonds. The molecule has 4 nitrogen and oxygen atoms in total. The standard InChI is InChI=1S/C12H21N3O/c1-13-11-5-2-3-6-12(11)16-10-9-15-8-4-7-14-15/h4,7-8,11-13H,2-3,5-6,9-10H2,1H3. The van der Waals surface area contributed by atoms with Crippen molar-refractivity contribution in [2.45, 2.75) is 44.4 Å². The van der Waals surface area contributed by atoms with Crippen LogP contribution < -0.4 is 5.32 Å². The van der Waals surface area contributed by atoms with Crippen LogP contribution in [-0.2, 0) is 11.3 Å². The monoisotopic (exact) mass is 223 g/mol. The Balaban J connectivity index is 1.71. The fourth-order valence-corrected chi connectivity index (χ4v) is 2.36. The van der Waals surface area contributed by atoms with Gasteiger partial charge in [0.05, 0.1) is 19.3 Å². The smallest absolute Gasteiger partial charge is 0.0728 e. The minimum atomic E-state index is 0.384. The van der Waals surface area contributed by atoms with Crippen LogP contribution in [0, 0.1) is 0 Å². The Bertz CT molecular complexity index is 286. The number of nitrogens with zero attached hydrogens (tertiary/aromatic N) is 2. The van der Waals surface area contributed by atoms with Crippen LogP contribution in [0.2, 0.25) is 0 Å². The van der Waals surface area contributed by atoms with Crippen molar-refractivity contribution in [2.75, 3.05) is 13.7 Å². The van der Waals surface area contributed by atoms with Crippen molar-refractivity contribution in [3.8, 4) is 0 Å². The predicted molar refractivity (Wildman–Crippen MR) is 63.3 cm³/mol. The van der Waals surface area contributed by atoms with Gasteiger partial charge in [0.15, 0.2) is 0 Å². The first-order valence-corrected chi connectivity index (χ1v) is 6.16. The minimum Gasteiger partial charge on any atom is -0.375 e. The number of ether oxygens (including phenoxy) is 1. The van der Waals surface area contributed by atoms with Crippen LogP contribution in [0.3, 0.4) is 0 Å². The van der Waals surface area contributed by atoms with Crippen molar-refractivity contribution in [1.82, 2.24) is 15.1 Å². The molecule has 0 aromatic carbocycles. The van der Waals surface area contributed by atoms with E-state index in [1.807, 2.05) is 24.0 Å². The maximum absolute atomic E-state index is 5.94. The molecule has 0 radical (unpaired) electrons. The van der Waals surface area contributed by atoms with Gasteiger partial charge in [-0.25, -0.2) is 0 Å². The number of hydrogen-bond donors (Lipinski definition) is 1. The lowest BCUT2D eigenvalue weighted by atomic mass is 9.92. The molecule has 2 rings (SSSR count). The summed E-state index contributed by atoms with van der Waals surface area (Å²) in [5.74, 6) is 0. The Hall–Kier alpha value is -0.870. The molecule has 90 valence electrons. The van der Waals surface area contributed by atoms with Gasteiger partial charge in [-0.05, 0) is 26.0 Å². The zero-order valence-electron chi connectivity index (χ0n) is 9.93. The molecule has 2 unspecified atom stereocenters. The van der Waals surface area contributed by atoms with Gasteiger partial charge in [0, 0.05) is 18.4 Å². The van der Waals surface area contributed by atoms with Gasteiger partial charge in [0.2, 0.25) is 0 Å². The summed E-state index contributed by atoms with van der Waals surface area (Å²) in [4.78, 5) is 0. The van der Waals surface area contributed by atoms with Crippen molar-refractivity contribution in [2.24, 2.45) is 0 Å². The molecule has 1 N–H and O–H groups in total. The summed E-state index contributed by atoms with van der Waals surface area (Å²) in [5.41, 5.74) is 0. The molecule has 4 heteroatoms. The van der Waals surface area contributed by atoms with Crippen LogP contribution in [-0.4, -0.2) is 35.6 Å². The molecule has 0 aliphatic heterocycles. The van der Waals surface area contributed by atoms with E-state index >= 15 is 0 Å². The van der Waals surface area contributed by atoms with Crippen LogP contribution >= 0.6 is 0 Å². The second kappa shape index (κ2) is 6.01. The number of aromatic nitrogens is 2. The van der Waals surface area contributed by atoms with E-state index < -0.39 is 0 Å². The largest absolute Gasteiger partial charge is 0.375 e. The average molecular weight is 223 g/mol. The summed E-state index contributed by atoms with van der Waals surface area (Å²) >= 11 is 0. The summed E-state index contributed by atoms with van der Waals surface area (Å²) < 4.78 is 7.85. The lowest BCUT2D eigenvalue weighted by Crippen LogP contribution is -2.42. The summed E-state index contributed by atoms with van der Waals surface area (Å²) in [6.45, 7) is 1.60. The van der Waals surface area contributed by atoms with E-state index in [1.54, 1.807) is 6.20 Å². The highest BCUT2D eigenvalue weighted by atomic mass is 16.5. The molecule has 1 aromatic heterocycles. The summed E-state index contributed by atoms with van der Waals surface area (Å²) in [7, 11) is 2.03. The number of rotatable bonds is 5. The molecule has 16 heavy (non-hydrogen) atoms. The molecule has 1 aliphatic rings. The van der Waals surface area contributed by atoms with E-state index in [2.05, 4.69) is 10.4 Å². The number of nitrogens with one attached hydrogen (secondary N) is 1. The van der Waals surface area contributed by atoms with Crippen molar-refractivity contribution in [1.29, 1.82) is 0 Å². The molecular weight excluding hydrogens is 202 g/mol. The molecular formula is C12H21N3O. The van der Waals surface area contributed by atoms with Crippen molar-refractivity contribution >= 4 is 0 Å². The molecule has 1 fully saturated rings. The molecule has 1 aliphatic carbocycles. The molecule has 0 saturated heterocycles. The first-order valence-electron chi connectivity index (χ1n) is 6.16. The second-order valence-corrected chi connectivity index (χ2v) is 4.36. The van der Waals surface area contributed by atoms with Gasteiger partial charge in [0.25, 0.3) is 0 Å². The van der Waals surface area contributed by atoms with Crippen LogP contribution in [0.1, 0.15) is 25.7 Å². The zero-order valence-corrected chi connectivity index (χ0v) is 9.93. The average Bonchev–Trinajstić information content (AvgIpc) is 2.83. The Morgan fingerprint density at radius 2 is 2.31 bits per heavy atom. The number of hydrogen-bond acceptors (Lipinski definition) is 3. The molecule has 0 bridgehead atoms. The highest BCUT2D eigenvalue weighted by Gasteiger charge is 2.23. The van der Waals surface area contributed by atoms with Crippen molar-refractivity contribution < 1.29 is 4.74 Å². The maximum Gasteiger partial charge on any atom is 0.0728 e. The third-order valence-electron chi connectivity index (χ3n) is 3.28.